The van der Waals surface area contributed by atoms with E-state index in [1.165, 1.54) is 0 Å². The molecule has 0 unspecified atom stereocenters. The van der Waals surface area contributed by atoms with Gasteiger partial charge >= 0.3 is 12.1 Å². The molecule has 0 radical (unpaired) electrons. The van der Waals surface area contributed by atoms with Gasteiger partial charge in [-0.3, -0.25) is 5.32 Å². The molecule has 1 aromatic carbocycles. The highest BCUT2D eigenvalue weighted by Gasteiger charge is 2.15. The van der Waals surface area contributed by atoms with Crippen molar-refractivity contribution in [1.82, 2.24) is 5.32 Å². The molecule has 0 saturated carbocycles. The highest BCUT2D eigenvalue weighted by Crippen LogP contribution is 2.21. The van der Waals surface area contributed by atoms with Gasteiger partial charge in [-0.25, -0.2) is 9.59 Å². The molecule has 1 aromatic rings. The maximum Gasteiger partial charge on any atom is 0.327 e. The van der Waals surface area contributed by atoms with E-state index in [2.05, 4.69) is 16.0 Å². The summed E-state index contributed by atoms with van der Waals surface area (Å²) in [5.74, 6) is 0. The number of fused-ring (bicyclic) bond motifs is 1. The number of benzene rings is 1. The molecule has 0 bridgehead atoms. The van der Waals surface area contributed by atoms with Crippen LogP contribution < -0.4 is 16.0 Å². The average Bonchev–Trinajstić information content (AvgIpc) is 2.20. The number of rotatable bonds is 0. The summed E-state index contributed by atoms with van der Waals surface area (Å²) in [5.41, 5.74) is 1.18. The quantitative estimate of drug-likeness (QED) is 0.559. The van der Waals surface area contributed by atoms with E-state index in [0.717, 1.165) is 0 Å². The molecule has 0 saturated heterocycles. The number of amides is 4. The van der Waals surface area contributed by atoms with E-state index in [-0.39, 0.29) is 0 Å². The minimum atomic E-state index is -0.526. The molecule has 66 valence electrons. The van der Waals surface area contributed by atoms with E-state index in [9.17, 15) is 9.59 Å². The Hall–Kier alpha value is -2.04. The van der Waals surface area contributed by atoms with E-state index in [4.69, 9.17) is 0 Å². The molecule has 1 aliphatic heterocycles. The van der Waals surface area contributed by atoms with Crippen LogP contribution >= 0.6 is 0 Å². The fraction of sp³-hybridized carbons (Fsp3) is 0. The fourth-order valence-corrected chi connectivity index (χ4v) is 1.11. The Morgan fingerprint density at radius 2 is 1.23 bits per heavy atom. The van der Waals surface area contributed by atoms with Crippen LogP contribution in [-0.4, -0.2) is 12.1 Å². The Morgan fingerprint density at radius 1 is 0.769 bits per heavy atom. The van der Waals surface area contributed by atoms with Crippen molar-refractivity contribution in [3.8, 4) is 0 Å². The van der Waals surface area contributed by atoms with Crippen LogP contribution in [0.3, 0.4) is 0 Å². The normalized spacial score (nSPS) is 14.8. The lowest BCUT2D eigenvalue weighted by Gasteiger charge is -2.03. The first-order valence-electron chi connectivity index (χ1n) is 3.74. The molecule has 0 spiro atoms. The monoisotopic (exact) mass is 177 g/mol. The van der Waals surface area contributed by atoms with Gasteiger partial charge in [0, 0.05) is 0 Å². The molecule has 4 amide bonds. The van der Waals surface area contributed by atoms with Crippen molar-refractivity contribution in [3.05, 3.63) is 24.3 Å². The topological polar surface area (TPSA) is 70.2 Å². The van der Waals surface area contributed by atoms with Crippen LogP contribution in [0.1, 0.15) is 0 Å². The van der Waals surface area contributed by atoms with Gasteiger partial charge in [0.05, 0.1) is 11.4 Å². The summed E-state index contributed by atoms with van der Waals surface area (Å²) in [7, 11) is 0. The van der Waals surface area contributed by atoms with E-state index in [0.29, 0.717) is 11.4 Å². The third-order valence-corrected chi connectivity index (χ3v) is 1.65. The predicted octanol–water partition coefficient (Wildman–Crippen LogP) is 1.35. The van der Waals surface area contributed by atoms with Gasteiger partial charge in [-0.15, -0.1) is 0 Å². The van der Waals surface area contributed by atoms with Gasteiger partial charge < -0.3 is 10.6 Å². The molecule has 1 aliphatic rings. The van der Waals surface area contributed by atoms with Crippen molar-refractivity contribution < 1.29 is 9.59 Å². The van der Waals surface area contributed by atoms with Gasteiger partial charge in [0.15, 0.2) is 0 Å². The zero-order chi connectivity index (χ0) is 9.26. The number of imide groups is 1. The van der Waals surface area contributed by atoms with Crippen LogP contribution in [0.2, 0.25) is 0 Å². The minimum Gasteiger partial charge on any atom is -0.306 e. The summed E-state index contributed by atoms with van der Waals surface area (Å²) >= 11 is 0. The van der Waals surface area contributed by atoms with Gasteiger partial charge in [0.1, 0.15) is 0 Å². The second kappa shape index (κ2) is 2.78. The Morgan fingerprint density at radius 3 is 1.69 bits per heavy atom. The Balaban J connectivity index is 2.43. The smallest absolute Gasteiger partial charge is 0.306 e. The molecule has 1 heterocycles. The first-order valence-corrected chi connectivity index (χ1v) is 3.74. The van der Waals surface area contributed by atoms with Gasteiger partial charge in [0.25, 0.3) is 0 Å². The number of nitrogens with one attached hydrogen (secondary N) is 3. The lowest BCUT2D eigenvalue weighted by Crippen LogP contribution is -2.34. The average molecular weight is 177 g/mol. The molecular formula is C8H7N3O2. The summed E-state index contributed by atoms with van der Waals surface area (Å²) in [6.45, 7) is 0. The van der Waals surface area contributed by atoms with Crippen LogP contribution in [0.5, 0.6) is 0 Å². The SMILES string of the molecule is O=C1NC(=O)Nc2ccccc2N1. The molecule has 5 heteroatoms. The molecule has 3 N–H and O–H groups in total. The number of hydrogen-bond acceptors (Lipinski definition) is 2. The number of hydrogen-bond donors (Lipinski definition) is 3. The second-order valence-electron chi connectivity index (χ2n) is 2.58. The van der Waals surface area contributed by atoms with Crippen LogP contribution in [0.15, 0.2) is 24.3 Å². The number of para-hydroxylation sites is 2. The first kappa shape index (κ1) is 7.60. The second-order valence-corrected chi connectivity index (χ2v) is 2.58. The van der Waals surface area contributed by atoms with Crippen LogP contribution in [0, 0.1) is 0 Å². The standard InChI is InChI=1S/C8H7N3O2/c12-7-9-5-3-1-2-4-6(5)10-8(13)11-7/h1-4H,(H3,9,10,11,12,13). The molecule has 2 rings (SSSR count). The number of carbonyl (C=O) groups excluding carboxylic acids is 2. The first-order chi connectivity index (χ1) is 6.25. The van der Waals surface area contributed by atoms with Crippen molar-refractivity contribution in [2.24, 2.45) is 0 Å². The van der Waals surface area contributed by atoms with E-state index in [1.54, 1.807) is 24.3 Å². The molecule has 0 fully saturated rings. The van der Waals surface area contributed by atoms with Gasteiger partial charge in [-0.1, -0.05) is 12.1 Å². The summed E-state index contributed by atoms with van der Waals surface area (Å²) in [5, 5.41) is 7.13. The molecule has 13 heavy (non-hydrogen) atoms. The Kier molecular flexibility index (Phi) is 1.63. The van der Waals surface area contributed by atoms with Gasteiger partial charge in [-0.2, -0.15) is 0 Å². The highest BCUT2D eigenvalue weighted by molar-refractivity contribution is 6.10. The van der Waals surface area contributed by atoms with Gasteiger partial charge in [-0.05, 0) is 12.1 Å². The van der Waals surface area contributed by atoms with Crippen LogP contribution in [-0.2, 0) is 0 Å². The Labute approximate surface area is 74.1 Å². The van der Waals surface area contributed by atoms with Crippen LogP contribution in [0.4, 0.5) is 21.0 Å². The number of anilines is 2. The van der Waals surface area contributed by atoms with Crippen molar-refractivity contribution in [2.75, 3.05) is 10.6 Å². The maximum absolute atomic E-state index is 11.0. The largest absolute Gasteiger partial charge is 0.327 e. The zero-order valence-corrected chi connectivity index (χ0v) is 6.63. The van der Waals surface area contributed by atoms with Crippen molar-refractivity contribution in [1.29, 1.82) is 0 Å². The summed E-state index contributed by atoms with van der Waals surface area (Å²) < 4.78 is 0. The zero-order valence-electron chi connectivity index (χ0n) is 6.63. The van der Waals surface area contributed by atoms with E-state index in [1.807, 2.05) is 0 Å². The summed E-state index contributed by atoms with van der Waals surface area (Å²) in [4.78, 5) is 21.9. The number of urea groups is 2. The van der Waals surface area contributed by atoms with Crippen molar-refractivity contribution >= 4 is 23.4 Å². The fourth-order valence-electron chi connectivity index (χ4n) is 1.11. The van der Waals surface area contributed by atoms with E-state index >= 15 is 0 Å². The minimum absolute atomic E-state index is 0.526. The maximum atomic E-state index is 11.0. The highest BCUT2D eigenvalue weighted by atomic mass is 16.2. The molecular weight excluding hydrogens is 170 g/mol. The third kappa shape index (κ3) is 1.44. The van der Waals surface area contributed by atoms with E-state index < -0.39 is 12.1 Å². The molecule has 0 aliphatic carbocycles. The van der Waals surface area contributed by atoms with Crippen molar-refractivity contribution in [3.63, 3.8) is 0 Å². The molecule has 0 aromatic heterocycles. The predicted molar refractivity (Wildman–Crippen MR) is 47.6 cm³/mol. The lowest BCUT2D eigenvalue weighted by atomic mass is 10.2. The molecule has 5 nitrogen and oxygen atoms in total. The number of carbonyl (C=O) groups is 2. The van der Waals surface area contributed by atoms with Gasteiger partial charge in [0.2, 0.25) is 0 Å². The van der Waals surface area contributed by atoms with Crippen molar-refractivity contribution in [2.45, 2.75) is 0 Å². The lowest BCUT2D eigenvalue weighted by molar-refractivity contribution is 0.240. The summed E-state index contributed by atoms with van der Waals surface area (Å²) in [6.07, 6.45) is 0. The molecule has 0 atom stereocenters. The van der Waals surface area contributed by atoms with Crippen LogP contribution in [0.25, 0.3) is 0 Å². The third-order valence-electron chi connectivity index (χ3n) is 1.65. The Bertz CT molecular complexity index is 340. The summed E-state index contributed by atoms with van der Waals surface area (Å²) in [6, 6.07) is 5.92.